The van der Waals surface area contributed by atoms with E-state index in [0.717, 1.165) is 0 Å². The van der Waals surface area contributed by atoms with Crippen LogP contribution in [0.4, 0.5) is 0 Å². The Balaban J connectivity index is 0.000000710. The molecule has 0 spiro atoms. The van der Waals surface area contributed by atoms with Crippen LogP contribution in [-0.2, 0) is 52.1 Å². The minimum absolute atomic E-state index is 0.134. The molecule has 11 saturated heterocycles. The molecule has 0 aromatic heterocycles. The van der Waals surface area contributed by atoms with Gasteiger partial charge in [0.1, 0.15) is 202 Å². The average molecular weight is 1910 g/mol. The van der Waals surface area contributed by atoms with Crippen molar-refractivity contribution in [2.45, 2.75) is 419 Å². The monoisotopic (exact) mass is 1910 g/mol. The third-order valence-electron chi connectivity index (χ3n) is 23.3. The van der Waals surface area contributed by atoms with E-state index < -0.39 is 330 Å². The van der Waals surface area contributed by atoms with Gasteiger partial charge < -0.3 is 284 Å². The SMILES string of the molecule is CC[C@@H]1O[C@H](CO)[C@@H](O)[C@H](O)[C@H]1N.C[C@@H]1O[C@@H](N)[C@@H](O)[C@@H](O)[C@@H]1O.C[C@@H]1O[C@H](CN)[C@@H](O)[C@H](O)[C@@H]1O.C[C@@H]1O[C@H](CN)[C@@H](O)[C@H](O)[C@H]1O.C[C@@H]1O[C@H](CN)[C@H](O)[C@H](O)[C@H]1O.C[C@H]1OC(CN)[C@H](O)[C@@H](O)[C@@H]1O.C[C@H]1O[C@@H](CN)[C@H](O)[C@@H](O)[C@@H]1O.C[C@H]1O[C@@H](CN)[C@H](O)[C@@H](O)[C@H]1O.C[C@H]1O[C@@H](N)[C@H](O)[C@@H](O)[C@@H]1O.C[C@H]1O[C@@H](N)[C@H](O)[C@@H](O)[C@H]1O.C[C@H]1O[C@@H](O)[C@H](N)[C@H](N)[C@@H]1O. The van der Waals surface area contributed by atoms with Gasteiger partial charge in [-0.15, -0.1) is 0 Å². The molecule has 55 heteroatoms. The maximum atomic E-state index is 9.48. The Labute approximate surface area is 746 Å². The molecule has 55 atom stereocenters. The molecule has 774 valence electrons. The molecule has 1 unspecified atom stereocenters. The lowest BCUT2D eigenvalue weighted by atomic mass is 9.92. The topological polar surface area (TPSA) is 1060 Å². The summed E-state index contributed by atoms with van der Waals surface area (Å²) in [6, 6.07) is -1.90. The molecule has 0 radical (unpaired) electrons. The second kappa shape index (κ2) is 59.3. The highest BCUT2D eigenvalue weighted by Gasteiger charge is 2.50. The van der Waals surface area contributed by atoms with Gasteiger partial charge in [-0.3, -0.25) is 0 Å². The number of ether oxygens (including phenoxy) is 11. The molecule has 0 aliphatic carbocycles. The molecular weight excluding hydrogens is 1740 g/mol. The van der Waals surface area contributed by atoms with Crippen molar-refractivity contribution in [3.8, 4) is 0 Å². The standard InChI is InChI=1S/C8H17NO4.6C7H15NO4.C6H14N2O3.3C6H13NO4/c1-2-4-6(9)8(12)7(11)5(3-10)13-4;6*1-3-5(9)7(11)6(10)4(2-8)12-3;1-2-5(9)3(7)4(8)6(10)11-2;3*1-2-3(8)4(9)5(10)6(7)11-2/h4-8,10-12H,2-3,9H2,1H3;6*3-7,9-11H,2,8H2,1H3;2-6,9-10H,7-8H2,1H3;3*2-6,8-10H,7H2,1H3/t4-,5+,6-,7+,8+;3-,4?,5-,6+,7+;2*3-,4+,5+,6+,7+;2*3-,4+,5-,6+,7+;3-,4+,5-,6-,7+;2-,3+,4-,5-,6-;2-,3+,4+,5-,6-;2-,3+,4-,5-,6+;2-,3-,4+,5-,6-/m01101001101/s1. The van der Waals surface area contributed by atoms with E-state index in [9.17, 15) is 107 Å². The second-order valence-corrected chi connectivity index (χ2v) is 33.1. The first-order chi connectivity index (χ1) is 59.7. The maximum absolute atomic E-state index is 9.48. The second-order valence-electron chi connectivity index (χ2n) is 33.1. The molecule has 55 nitrogen and oxygen atoms in total. The van der Waals surface area contributed by atoms with Crippen LogP contribution >= 0.6 is 0 Å². The fourth-order valence-electron chi connectivity index (χ4n) is 13.9. The van der Waals surface area contributed by atoms with Crippen molar-refractivity contribution in [2.75, 3.05) is 45.9 Å². The zero-order chi connectivity index (χ0) is 100. The molecule has 11 fully saturated rings. The summed E-state index contributed by atoms with van der Waals surface area (Å²) in [4.78, 5) is 0. The summed E-state index contributed by atoms with van der Waals surface area (Å²) >= 11 is 0. The first-order valence-electron chi connectivity index (χ1n) is 42.4. The van der Waals surface area contributed by atoms with Gasteiger partial charge in [0.15, 0.2) is 6.29 Å². The van der Waals surface area contributed by atoms with Gasteiger partial charge in [0.25, 0.3) is 0 Å². The van der Waals surface area contributed by atoms with E-state index in [1.54, 1.807) is 69.2 Å². The van der Waals surface area contributed by atoms with E-state index in [-0.39, 0.29) is 52.0 Å². The molecule has 0 aromatic carbocycles. The van der Waals surface area contributed by atoms with Crippen LogP contribution in [0.15, 0.2) is 0 Å². The van der Waals surface area contributed by atoms with E-state index in [2.05, 4.69) is 0 Å². The highest BCUT2D eigenvalue weighted by molar-refractivity contribution is 4.99. The summed E-state index contributed by atoms with van der Waals surface area (Å²) < 4.78 is 55.7. The number of rotatable bonds is 8. The number of nitrogens with two attached hydrogens (primary N) is 12. The van der Waals surface area contributed by atoms with Crippen LogP contribution in [-0.4, -0.2) is 545 Å². The van der Waals surface area contributed by atoms with E-state index in [1.807, 2.05) is 6.92 Å². The van der Waals surface area contributed by atoms with Gasteiger partial charge in [0.2, 0.25) is 0 Å². The third kappa shape index (κ3) is 35.3. The minimum Gasteiger partial charge on any atom is -0.394 e. The normalized spacial score (nSPS) is 50.1. The van der Waals surface area contributed by atoms with Crippen LogP contribution in [0.3, 0.4) is 0 Å². The molecule has 0 bridgehead atoms. The summed E-state index contributed by atoms with van der Waals surface area (Å²) in [5, 5.41) is 295. The first-order valence-corrected chi connectivity index (χ1v) is 42.4. The zero-order valence-electron chi connectivity index (χ0n) is 74.1. The minimum atomic E-state index is -1.21. The van der Waals surface area contributed by atoms with Crippen LogP contribution in [0.25, 0.3) is 0 Å². The largest absolute Gasteiger partial charge is 0.394 e. The first kappa shape index (κ1) is 125. The van der Waals surface area contributed by atoms with Crippen molar-refractivity contribution in [1.82, 2.24) is 0 Å². The Kier molecular flexibility index (Phi) is 57.4. The van der Waals surface area contributed by atoms with Crippen molar-refractivity contribution in [3.63, 3.8) is 0 Å². The Bertz CT molecular complexity index is 2440. The lowest BCUT2D eigenvalue weighted by molar-refractivity contribution is -0.215. The fraction of sp³-hybridized carbons (Fsp3) is 1.00. The lowest BCUT2D eigenvalue weighted by Crippen LogP contribution is -2.63. The van der Waals surface area contributed by atoms with Crippen molar-refractivity contribution in [1.29, 1.82) is 0 Å². The summed E-state index contributed by atoms with van der Waals surface area (Å²) in [5.41, 5.74) is 64.1. The highest BCUT2D eigenvalue weighted by Crippen LogP contribution is 2.29. The fourth-order valence-corrected chi connectivity index (χ4v) is 13.9. The third-order valence-corrected chi connectivity index (χ3v) is 23.3. The average Bonchev–Trinajstić information content (AvgIpc) is 0.799. The van der Waals surface area contributed by atoms with E-state index in [0.29, 0.717) is 6.42 Å². The van der Waals surface area contributed by atoms with Gasteiger partial charge in [-0.25, -0.2) is 0 Å². The Morgan fingerprint density at radius 2 is 0.341 bits per heavy atom. The number of hydrogen-bond donors (Lipinski definition) is 44. The molecule has 129 heavy (non-hydrogen) atoms. The Morgan fingerprint density at radius 3 is 0.519 bits per heavy atom. The van der Waals surface area contributed by atoms with Crippen molar-refractivity contribution in [2.24, 2.45) is 68.8 Å². The van der Waals surface area contributed by atoms with Crippen LogP contribution in [0.2, 0.25) is 0 Å². The summed E-state index contributed by atoms with van der Waals surface area (Å²) in [7, 11) is 0. The van der Waals surface area contributed by atoms with Crippen LogP contribution < -0.4 is 68.8 Å². The van der Waals surface area contributed by atoms with Gasteiger partial charge in [0.05, 0.1) is 135 Å². The molecule has 11 rings (SSSR count). The summed E-state index contributed by atoms with van der Waals surface area (Å²) in [5.74, 6) is 0. The van der Waals surface area contributed by atoms with Crippen molar-refractivity contribution in [3.05, 3.63) is 0 Å². The van der Waals surface area contributed by atoms with Gasteiger partial charge >= 0.3 is 0 Å². The van der Waals surface area contributed by atoms with Gasteiger partial charge in [-0.1, -0.05) is 6.92 Å². The molecule has 0 amide bonds. The predicted molar refractivity (Wildman–Crippen MR) is 443 cm³/mol. The van der Waals surface area contributed by atoms with Crippen LogP contribution in [0.1, 0.15) is 82.6 Å². The van der Waals surface area contributed by atoms with E-state index >= 15 is 0 Å². The Hall–Kier alpha value is -2.20. The molecule has 0 aromatic rings. The number of aliphatic hydroxyl groups is 32. The van der Waals surface area contributed by atoms with Crippen LogP contribution in [0, 0.1) is 0 Å². The number of hydrogen-bond acceptors (Lipinski definition) is 55. The highest BCUT2D eigenvalue weighted by atomic mass is 16.6. The molecular formula is C74H160N12O43. The number of aliphatic hydroxyl groups excluding tert-OH is 32. The van der Waals surface area contributed by atoms with Crippen LogP contribution in [0.5, 0.6) is 0 Å². The van der Waals surface area contributed by atoms with Gasteiger partial charge in [-0.2, -0.15) is 0 Å². The summed E-state index contributed by atoms with van der Waals surface area (Å²) in [6.45, 7) is 18.5. The molecule has 0 saturated carbocycles. The quantitative estimate of drug-likeness (QED) is 0.107. The smallest absolute Gasteiger partial charge is 0.171 e. The molecule has 11 aliphatic rings. The predicted octanol–water partition coefficient (Wildman–Crippen LogP) is -23.8. The lowest BCUT2D eigenvalue weighted by Gasteiger charge is -2.40. The van der Waals surface area contributed by atoms with Gasteiger partial charge in [-0.05, 0) is 75.7 Å². The zero-order valence-corrected chi connectivity index (χ0v) is 74.1. The molecule has 11 aliphatic heterocycles. The maximum Gasteiger partial charge on any atom is 0.171 e. The van der Waals surface area contributed by atoms with Crippen molar-refractivity contribution < 1.29 is 216 Å². The summed E-state index contributed by atoms with van der Waals surface area (Å²) in [6.07, 6.45) is -45.9. The molecule has 56 N–H and O–H groups in total. The molecule has 11 heterocycles. The van der Waals surface area contributed by atoms with E-state index in [4.69, 9.17) is 177 Å². The van der Waals surface area contributed by atoms with E-state index in [1.165, 1.54) is 0 Å². The van der Waals surface area contributed by atoms with Crippen molar-refractivity contribution >= 4 is 0 Å². The Morgan fingerprint density at radius 1 is 0.171 bits per heavy atom. The van der Waals surface area contributed by atoms with Gasteiger partial charge in [0, 0.05) is 39.3 Å².